The molecular formula is C20H18ClN7O2S2. The molecule has 0 fully saturated rings. The Kier molecular flexibility index (Phi) is 5.11. The first-order valence-corrected chi connectivity index (χ1v) is 12.0. The number of aliphatic imine (C=N–C) groups is 1. The zero-order valence-electron chi connectivity index (χ0n) is 17.1. The first-order chi connectivity index (χ1) is 15.3. The Morgan fingerprint density at radius 3 is 2.69 bits per heavy atom. The van der Waals surface area contributed by atoms with Crippen LogP contribution in [0.15, 0.2) is 58.2 Å². The maximum Gasteiger partial charge on any atom is 0.258 e. The molecule has 9 nitrogen and oxygen atoms in total. The highest BCUT2D eigenvalue weighted by Gasteiger charge is 2.39. The van der Waals surface area contributed by atoms with E-state index in [1.807, 2.05) is 43.5 Å². The van der Waals surface area contributed by atoms with Crippen LogP contribution in [0.2, 0.25) is 5.02 Å². The van der Waals surface area contributed by atoms with E-state index in [0.29, 0.717) is 21.7 Å². The summed E-state index contributed by atoms with van der Waals surface area (Å²) >= 11 is 7.91. The third-order valence-corrected chi connectivity index (χ3v) is 8.48. The first kappa shape index (κ1) is 20.9. The molecule has 5 rings (SSSR count). The maximum atomic E-state index is 12.4. The number of hydrogen-bond donors (Lipinski definition) is 1. The number of nitrogens with two attached hydrogens (primary N) is 1. The molecule has 12 heteroatoms. The molecule has 4 aromatic rings. The Bertz CT molecular complexity index is 1330. The molecule has 4 heterocycles. The lowest BCUT2D eigenvalue weighted by molar-refractivity contribution is 0.524. The van der Waals surface area contributed by atoms with Crippen LogP contribution in [-0.4, -0.2) is 47.3 Å². The van der Waals surface area contributed by atoms with Crippen molar-refractivity contribution in [3.8, 4) is 27.9 Å². The topological polar surface area (TPSA) is 115 Å². The number of hydrogen-bond acceptors (Lipinski definition) is 8. The smallest absolute Gasteiger partial charge is 0.258 e. The van der Waals surface area contributed by atoms with E-state index in [2.05, 4.69) is 20.3 Å². The summed E-state index contributed by atoms with van der Waals surface area (Å²) in [4.78, 5) is 6.00. The molecule has 0 amide bonds. The van der Waals surface area contributed by atoms with Crippen molar-refractivity contribution in [1.29, 1.82) is 0 Å². The highest BCUT2D eigenvalue weighted by atomic mass is 35.5. The van der Waals surface area contributed by atoms with Crippen LogP contribution >= 0.6 is 22.9 Å². The molecule has 0 saturated heterocycles. The van der Waals surface area contributed by atoms with Gasteiger partial charge in [0.15, 0.2) is 0 Å². The van der Waals surface area contributed by atoms with E-state index in [1.165, 1.54) is 15.6 Å². The van der Waals surface area contributed by atoms with Gasteiger partial charge in [-0.3, -0.25) is 4.31 Å². The SMILES string of the molecule is CN1C(N)=N[C@](C)(c2sc(-c3nnc(-c4ccc(-n5cccn5)cc4)o3)cc2Cl)CS1=O. The van der Waals surface area contributed by atoms with E-state index in [1.54, 1.807) is 24.0 Å². The van der Waals surface area contributed by atoms with Gasteiger partial charge in [-0.25, -0.2) is 13.9 Å². The molecule has 0 saturated carbocycles. The van der Waals surface area contributed by atoms with Gasteiger partial charge >= 0.3 is 0 Å². The van der Waals surface area contributed by atoms with Crippen LogP contribution in [0, 0.1) is 0 Å². The number of benzene rings is 1. The van der Waals surface area contributed by atoms with E-state index >= 15 is 0 Å². The van der Waals surface area contributed by atoms with Crippen LogP contribution in [0.1, 0.15) is 11.8 Å². The van der Waals surface area contributed by atoms with Crippen LogP contribution in [0.25, 0.3) is 27.9 Å². The highest BCUT2D eigenvalue weighted by molar-refractivity contribution is 7.83. The molecule has 164 valence electrons. The monoisotopic (exact) mass is 487 g/mol. The summed E-state index contributed by atoms with van der Waals surface area (Å²) in [6.45, 7) is 1.87. The summed E-state index contributed by atoms with van der Waals surface area (Å²) in [6.07, 6.45) is 3.60. The minimum atomic E-state index is -1.29. The van der Waals surface area contributed by atoms with Crippen LogP contribution in [0.5, 0.6) is 0 Å². The molecule has 1 aliphatic rings. The molecule has 32 heavy (non-hydrogen) atoms. The van der Waals surface area contributed by atoms with E-state index in [4.69, 9.17) is 21.8 Å². The summed E-state index contributed by atoms with van der Waals surface area (Å²) in [5.74, 6) is 1.24. The van der Waals surface area contributed by atoms with Crippen molar-refractivity contribution in [2.45, 2.75) is 12.5 Å². The van der Waals surface area contributed by atoms with Crippen molar-refractivity contribution in [2.75, 3.05) is 12.8 Å². The fraction of sp³-hybridized carbons (Fsp3) is 0.200. The van der Waals surface area contributed by atoms with Crippen molar-refractivity contribution in [3.05, 3.63) is 58.7 Å². The predicted octanol–water partition coefficient (Wildman–Crippen LogP) is 3.44. The van der Waals surface area contributed by atoms with Crippen molar-refractivity contribution >= 4 is 39.9 Å². The summed E-state index contributed by atoms with van der Waals surface area (Å²) in [7, 11) is 0.356. The van der Waals surface area contributed by atoms with Gasteiger partial charge in [-0.15, -0.1) is 21.5 Å². The quantitative estimate of drug-likeness (QED) is 0.471. The Labute approximate surface area is 195 Å². The Morgan fingerprint density at radius 2 is 2.00 bits per heavy atom. The molecule has 0 radical (unpaired) electrons. The lowest BCUT2D eigenvalue weighted by Crippen LogP contribution is -2.47. The molecule has 0 bridgehead atoms. The average Bonchev–Trinajstić information content (AvgIpc) is 3.52. The second-order valence-electron chi connectivity index (χ2n) is 7.40. The molecule has 1 unspecified atom stereocenters. The number of aromatic nitrogens is 4. The van der Waals surface area contributed by atoms with Gasteiger partial charge in [-0.2, -0.15) is 5.10 Å². The van der Waals surface area contributed by atoms with Crippen LogP contribution in [-0.2, 0) is 16.5 Å². The number of rotatable bonds is 4. The molecule has 3 aromatic heterocycles. The number of thiophene rings is 1. The van der Waals surface area contributed by atoms with E-state index in [0.717, 1.165) is 16.1 Å². The summed E-state index contributed by atoms with van der Waals surface area (Å²) in [6, 6.07) is 11.3. The lowest BCUT2D eigenvalue weighted by atomic mass is 10.0. The van der Waals surface area contributed by atoms with E-state index in [9.17, 15) is 4.21 Å². The molecule has 0 spiro atoms. The largest absolute Gasteiger partial charge is 0.415 e. The van der Waals surface area contributed by atoms with E-state index < -0.39 is 16.5 Å². The van der Waals surface area contributed by atoms with Crippen molar-refractivity contribution in [1.82, 2.24) is 24.3 Å². The van der Waals surface area contributed by atoms with Crippen molar-refractivity contribution in [3.63, 3.8) is 0 Å². The lowest BCUT2D eigenvalue weighted by Gasteiger charge is -2.33. The Morgan fingerprint density at radius 1 is 1.25 bits per heavy atom. The fourth-order valence-electron chi connectivity index (χ4n) is 3.37. The van der Waals surface area contributed by atoms with Crippen molar-refractivity contribution < 1.29 is 8.63 Å². The molecule has 0 aliphatic carbocycles. The maximum absolute atomic E-state index is 12.4. The summed E-state index contributed by atoms with van der Waals surface area (Å²) in [5.41, 5.74) is 6.88. The molecule has 2 atom stereocenters. The predicted molar refractivity (Wildman–Crippen MR) is 125 cm³/mol. The van der Waals surface area contributed by atoms with Gasteiger partial charge in [0.2, 0.25) is 11.9 Å². The molecule has 1 aromatic carbocycles. The van der Waals surface area contributed by atoms with Crippen molar-refractivity contribution in [2.24, 2.45) is 10.7 Å². The van der Waals surface area contributed by atoms with Crippen LogP contribution in [0.4, 0.5) is 0 Å². The zero-order valence-corrected chi connectivity index (χ0v) is 19.5. The highest BCUT2D eigenvalue weighted by Crippen LogP contribution is 2.43. The molecule has 1 aliphatic heterocycles. The second kappa shape index (κ2) is 7.84. The fourth-order valence-corrected chi connectivity index (χ4v) is 6.15. The first-order valence-electron chi connectivity index (χ1n) is 9.56. The standard InChI is InChI=1S/C20H18ClN7O2S2/c1-20(11-32(29)27(2)19(22)24-20)16-14(21)10-15(31-16)18-26-25-17(30-18)12-4-6-13(7-5-12)28-9-3-8-23-28/h3-10H,11H2,1-2H3,(H2,22,24)/t20-,32?/m0/s1. The van der Waals surface area contributed by atoms with Gasteiger partial charge in [-0.1, -0.05) is 11.6 Å². The molecule has 2 N–H and O–H groups in total. The Hall–Kier alpha value is -3.02. The minimum Gasteiger partial charge on any atom is -0.415 e. The average molecular weight is 488 g/mol. The third-order valence-electron chi connectivity index (χ3n) is 5.09. The number of guanidine groups is 1. The second-order valence-corrected chi connectivity index (χ2v) is 10.3. The summed E-state index contributed by atoms with van der Waals surface area (Å²) < 4.78 is 21.6. The van der Waals surface area contributed by atoms with Gasteiger partial charge in [-0.05, 0) is 43.3 Å². The van der Waals surface area contributed by atoms with Gasteiger partial charge in [0.1, 0.15) is 16.5 Å². The van der Waals surface area contributed by atoms with Gasteiger partial charge in [0.25, 0.3) is 5.89 Å². The van der Waals surface area contributed by atoms with E-state index in [-0.39, 0.29) is 11.7 Å². The van der Waals surface area contributed by atoms with Crippen LogP contribution in [0.3, 0.4) is 0 Å². The normalized spacial score (nSPS) is 21.0. The zero-order chi connectivity index (χ0) is 22.5. The minimum absolute atomic E-state index is 0.210. The van der Waals surface area contributed by atoms with Gasteiger partial charge in [0.05, 0.1) is 26.2 Å². The van der Waals surface area contributed by atoms with Crippen LogP contribution < -0.4 is 5.73 Å². The number of halogens is 1. The summed E-state index contributed by atoms with van der Waals surface area (Å²) in [5, 5.41) is 13.1. The molecular weight excluding hydrogens is 470 g/mol. The van der Waals surface area contributed by atoms with Gasteiger partial charge in [0, 0.05) is 25.0 Å². The third kappa shape index (κ3) is 3.61. The Balaban J connectivity index is 1.44. The van der Waals surface area contributed by atoms with Gasteiger partial charge < -0.3 is 10.2 Å². The number of nitrogens with zero attached hydrogens (tertiary/aromatic N) is 6.